The molecular formula is C38H33FN2O4S. The van der Waals surface area contributed by atoms with Crippen molar-refractivity contribution in [3.63, 3.8) is 0 Å². The van der Waals surface area contributed by atoms with Crippen LogP contribution in [0.15, 0.2) is 118 Å². The van der Waals surface area contributed by atoms with E-state index in [4.69, 9.17) is 14.5 Å². The predicted molar refractivity (Wildman–Crippen MR) is 179 cm³/mol. The molecule has 6 nitrogen and oxygen atoms in total. The molecule has 0 radical (unpaired) electrons. The molecule has 0 fully saturated rings. The van der Waals surface area contributed by atoms with E-state index in [-0.39, 0.29) is 24.6 Å². The summed E-state index contributed by atoms with van der Waals surface area (Å²) < 4.78 is 26.9. The van der Waals surface area contributed by atoms with Gasteiger partial charge in [0, 0.05) is 5.56 Å². The van der Waals surface area contributed by atoms with Crippen LogP contribution in [0.5, 0.6) is 5.75 Å². The normalized spacial score (nSPS) is 14.6. The molecule has 8 heteroatoms. The Balaban J connectivity index is 1.47. The van der Waals surface area contributed by atoms with Crippen molar-refractivity contribution in [2.45, 2.75) is 39.3 Å². The molecule has 46 heavy (non-hydrogen) atoms. The fourth-order valence-corrected chi connectivity index (χ4v) is 6.41. The molecule has 0 spiro atoms. The molecule has 1 aliphatic rings. The molecule has 0 saturated carbocycles. The van der Waals surface area contributed by atoms with Crippen molar-refractivity contribution < 1.29 is 18.7 Å². The van der Waals surface area contributed by atoms with Crippen molar-refractivity contribution in [2.75, 3.05) is 6.61 Å². The number of fused-ring (bicyclic) bond motifs is 1. The van der Waals surface area contributed by atoms with Gasteiger partial charge in [-0.05, 0) is 65.4 Å². The van der Waals surface area contributed by atoms with Crippen molar-refractivity contribution in [1.82, 2.24) is 4.57 Å². The first-order chi connectivity index (χ1) is 22.3. The van der Waals surface area contributed by atoms with Crippen molar-refractivity contribution in [3.05, 3.63) is 162 Å². The molecule has 0 amide bonds. The van der Waals surface area contributed by atoms with Gasteiger partial charge in [0.2, 0.25) is 0 Å². The zero-order chi connectivity index (χ0) is 32.2. The molecule has 0 aliphatic carbocycles. The van der Waals surface area contributed by atoms with Gasteiger partial charge in [-0.2, -0.15) is 0 Å². The summed E-state index contributed by atoms with van der Waals surface area (Å²) in [6, 6.07) is 30.4. The van der Waals surface area contributed by atoms with Crippen LogP contribution in [-0.4, -0.2) is 17.1 Å². The summed E-state index contributed by atoms with van der Waals surface area (Å²) in [4.78, 5) is 33.3. The zero-order valence-electron chi connectivity index (χ0n) is 25.8. The maximum Gasteiger partial charge on any atom is 0.338 e. The molecule has 1 aromatic heterocycles. The third-order valence-corrected chi connectivity index (χ3v) is 8.75. The lowest BCUT2D eigenvalue weighted by molar-refractivity contribution is -0.138. The summed E-state index contributed by atoms with van der Waals surface area (Å²) in [6.45, 7) is 6.48. The molecule has 1 atom stereocenters. The number of rotatable bonds is 9. The van der Waals surface area contributed by atoms with E-state index in [1.54, 1.807) is 23.6 Å². The molecule has 5 aromatic rings. The number of hydrogen-bond donors (Lipinski definition) is 0. The van der Waals surface area contributed by atoms with E-state index in [2.05, 4.69) is 13.8 Å². The first-order valence-electron chi connectivity index (χ1n) is 15.2. The fraction of sp³-hybridized carbons (Fsp3) is 0.184. The van der Waals surface area contributed by atoms with Crippen LogP contribution in [0.25, 0.3) is 11.8 Å². The van der Waals surface area contributed by atoms with Crippen LogP contribution in [0.2, 0.25) is 0 Å². The Labute approximate surface area is 270 Å². The number of nitrogens with zero attached hydrogens (tertiary/aromatic N) is 2. The third kappa shape index (κ3) is 6.48. The molecule has 0 N–H and O–H groups in total. The molecule has 0 bridgehead atoms. The average molecular weight is 633 g/mol. The Hall–Kier alpha value is -5.08. The number of halogens is 1. The van der Waals surface area contributed by atoms with Gasteiger partial charge in [-0.1, -0.05) is 104 Å². The van der Waals surface area contributed by atoms with E-state index in [9.17, 15) is 14.0 Å². The number of ether oxygens (including phenoxy) is 2. The number of carbonyl (C=O) groups excluding carboxylic acids is 1. The van der Waals surface area contributed by atoms with E-state index >= 15 is 0 Å². The summed E-state index contributed by atoms with van der Waals surface area (Å²) in [5.74, 6) is 0.131. The van der Waals surface area contributed by atoms with Gasteiger partial charge in [-0.3, -0.25) is 9.36 Å². The number of esters is 1. The Bertz CT molecular complexity index is 2080. The quantitative estimate of drug-likeness (QED) is 0.168. The summed E-state index contributed by atoms with van der Waals surface area (Å²) in [7, 11) is 0. The second-order valence-corrected chi connectivity index (χ2v) is 12.2. The van der Waals surface area contributed by atoms with Crippen LogP contribution < -0.4 is 19.6 Å². The highest BCUT2D eigenvalue weighted by Gasteiger charge is 2.35. The number of carbonyl (C=O) groups is 1. The van der Waals surface area contributed by atoms with Crippen LogP contribution >= 0.6 is 11.3 Å². The maximum atomic E-state index is 14.2. The van der Waals surface area contributed by atoms with E-state index in [1.807, 2.05) is 84.9 Å². The first-order valence-corrected chi connectivity index (χ1v) is 16.0. The number of hydrogen-bond acceptors (Lipinski definition) is 6. The topological polar surface area (TPSA) is 69.9 Å². The highest BCUT2D eigenvalue weighted by Crippen LogP contribution is 2.35. The molecule has 4 aromatic carbocycles. The number of aromatic nitrogens is 1. The molecule has 0 unspecified atom stereocenters. The lowest BCUT2D eigenvalue weighted by Gasteiger charge is -2.26. The maximum absolute atomic E-state index is 14.2. The number of thiazole rings is 1. The minimum absolute atomic E-state index is 0.188. The SMILES string of the molecule is CCOC(=O)C1=C(c2ccccc2)N=c2s/c(=C\c3cccc(OCc4ccc(F)cc4)c3)c(=O)n2[C@H]1c1ccc(C(C)C)cc1. The van der Waals surface area contributed by atoms with Crippen molar-refractivity contribution in [1.29, 1.82) is 0 Å². The second kappa shape index (κ2) is 13.5. The Morgan fingerprint density at radius 3 is 2.41 bits per heavy atom. The van der Waals surface area contributed by atoms with Gasteiger partial charge in [-0.15, -0.1) is 0 Å². The summed E-state index contributed by atoms with van der Waals surface area (Å²) in [5.41, 5.74) is 4.87. The molecular weight excluding hydrogens is 599 g/mol. The van der Waals surface area contributed by atoms with Crippen molar-refractivity contribution in [3.8, 4) is 5.75 Å². The lowest BCUT2D eigenvalue weighted by Crippen LogP contribution is -2.40. The summed E-state index contributed by atoms with van der Waals surface area (Å²) in [6.07, 6.45) is 1.81. The highest BCUT2D eigenvalue weighted by molar-refractivity contribution is 7.07. The van der Waals surface area contributed by atoms with Gasteiger partial charge in [0.25, 0.3) is 5.56 Å². The fourth-order valence-electron chi connectivity index (χ4n) is 5.41. The van der Waals surface area contributed by atoms with Gasteiger partial charge in [0.15, 0.2) is 4.80 Å². The van der Waals surface area contributed by atoms with Crippen LogP contribution in [0.1, 0.15) is 60.5 Å². The Morgan fingerprint density at radius 1 is 0.978 bits per heavy atom. The van der Waals surface area contributed by atoms with Gasteiger partial charge in [0.1, 0.15) is 18.2 Å². The highest BCUT2D eigenvalue weighted by atomic mass is 32.1. The van der Waals surface area contributed by atoms with Crippen molar-refractivity contribution >= 4 is 29.1 Å². The van der Waals surface area contributed by atoms with E-state index in [0.29, 0.717) is 32.3 Å². The van der Waals surface area contributed by atoms with Crippen molar-refractivity contribution in [2.24, 2.45) is 4.99 Å². The minimum atomic E-state index is -0.737. The monoisotopic (exact) mass is 632 g/mol. The summed E-state index contributed by atoms with van der Waals surface area (Å²) >= 11 is 1.27. The Kier molecular flexibility index (Phi) is 9.08. The second-order valence-electron chi connectivity index (χ2n) is 11.2. The van der Waals surface area contributed by atoms with Crippen LogP contribution in [0, 0.1) is 5.82 Å². The molecule has 1 aliphatic heterocycles. The van der Waals surface area contributed by atoms with Crippen LogP contribution in [0.4, 0.5) is 4.39 Å². The molecule has 2 heterocycles. The minimum Gasteiger partial charge on any atom is -0.489 e. The largest absolute Gasteiger partial charge is 0.489 e. The predicted octanol–water partition coefficient (Wildman–Crippen LogP) is 6.78. The first kappa shape index (κ1) is 30.9. The van der Waals surface area contributed by atoms with Gasteiger partial charge >= 0.3 is 5.97 Å². The zero-order valence-corrected chi connectivity index (χ0v) is 26.6. The van der Waals surface area contributed by atoms with E-state index in [0.717, 1.165) is 27.8 Å². The van der Waals surface area contributed by atoms with Crippen LogP contribution in [-0.2, 0) is 16.1 Å². The molecule has 0 saturated heterocycles. The molecule has 232 valence electrons. The Morgan fingerprint density at radius 2 is 1.72 bits per heavy atom. The smallest absolute Gasteiger partial charge is 0.338 e. The van der Waals surface area contributed by atoms with Gasteiger partial charge in [0.05, 0.1) is 28.5 Å². The summed E-state index contributed by atoms with van der Waals surface area (Å²) in [5, 5.41) is 0. The number of benzene rings is 4. The van der Waals surface area contributed by atoms with E-state index < -0.39 is 12.0 Å². The molecule has 6 rings (SSSR count). The van der Waals surface area contributed by atoms with Gasteiger partial charge in [-0.25, -0.2) is 14.2 Å². The van der Waals surface area contributed by atoms with Crippen LogP contribution in [0.3, 0.4) is 0 Å². The standard InChI is InChI=1S/C38H33FN2O4S/c1-4-44-37(43)33-34(28-10-6-5-7-11-28)40-38-41(35(33)29-17-15-27(16-18-29)24(2)3)36(42)32(46-38)22-26-9-8-12-31(21-26)45-23-25-13-19-30(39)20-14-25/h5-22,24,35H,4,23H2,1-3H3/b32-22-/t35-/m0/s1. The lowest BCUT2D eigenvalue weighted by atomic mass is 9.91. The van der Waals surface area contributed by atoms with E-state index in [1.165, 1.54) is 23.5 Å². The van der Waals surface area contributed by atoms with Gasteiger partial charge < -0.3 is 9.47 Å². The third-order valence-electron chi connectivity index (χ3n) is 7.77. The average Bonchev–Trinajstić information content (AvgIpc) is 3.38.